The van der Waals surface area contributed by atoms with Crippen LogP contribution in [0, 0.1) is 0 Å². The summed E-state index contributed by atoms with van der Waals surface area (Å²) in [4.78, 5) is 0. The van der Waals surface area contributed by atoms with Crippen molar-refractivity contribution in [3.05, 3.63) is 23.7 Å². The van der Waals surface area contributed by atoms with Crippen molar-refractivity contribution in [1.82, 2.24) is 0 Å². The minimum Gasteiger partial charge on any atom is -0.399 e. The van der Waals surface area contributed by atoms with Crippen LogP contribution < -0.4 is 0 Å². The van der Waals surface area contributed by atoms with Gasteiger partial charge in [-0.3, -0.25) is 0 Å². The summed E-state index contributed by atoms with van der Waals surface area (Å²) < 4.78 is 11.9. The van der Waals surface area contributed by atoms with Gasteiger partial charge in [0, 0.05) is 0 Å². The third-order valence-corrected chi connectivity index (χ3v) is 3.30. The average Bonchev–Trinajstić information content (AvgIpc) is 2.21. The van der Waals surface area contributed by atoms with E-state index in [1.807, 2.05) is 19.9 Å². The van der Waals surface area contributed by atoms with E-state index in [-0.39, 0.29) is 18.3 Å². The maximum atomic E-state index is 5.93. The minimum absolute atomic E-state index is 0.276. The molecule has 1 fully saturated rings. The lowest BCUT2D eigenvalue weighted by Crippen LogP contribution is -2.41. The Bertz CT molecular complexity index is 283. The molecule has 0 bridgehead atoms. The maximum Gasteiger partial charge on any atom is 0.494 e. The van der Waals surface area contributed by atoms with Crippen LogP contribution in [0.2, 0.25) is 0 Å². The highest BCUT2D eigenvalue weighted by Crippen LogP contribution is 2.39. The zero-order valence-electron chi connectivity index (χ0n) is 10.7. The van der Waals surface area contributed by atoms with Crippen molar-refractivity contribution in [2.45, 2.75) is 52.7 Å². The van der Waals surface area contributed by atoms with Crippen LogP contribution in [0.4, 0.5) is 0 Å². The molecule has 0 N–H and O–H groups in total. The molecule has 0 amide bonds. The van der Waals surface area contributed by atoms with Crippen molar-refractivity contribution < 1.29 is 9.31 Å². The molecule has 0 atom stereocenters. The van der Waals surface area contributed by atoms with Crippen molar-refractivity contribution in [3.8, 4) is 0 Å². The molecule has 1 rings (SSSR count). The molecule has 0 radical (unpaired) electrons. The third-order valence-electron chi connectivity index (χ3n) is 3.30. The molecule has 0 aromatic carbocycles. The molecule has 1 aliphatic heterocycles. The molecule has 0 saturated carbocycles. The van der Waals surface area contributed by atoms with Gasteiger partial charge in [-0.15, -0.1) is 0 Å². The fourth-order valence-electron chi connectivity index (χ4n) is 1.51. The number of allylic oxidation sites excluding steroid dienone is 3. The minimum atomic E-state index is -0.280. The van der Waals surface area contributed by atoms with Crippen LogP contribution in [0.1, 0.15) is 41.5 Å². The summed E-state index contributed by atoms with van der Waals surface area (Å²) in [6, 6.07) is 0. The second kappa shape index (κ2) is 3.80. The Kier molecular flexibility index (Phi) is 3.18. The fourth-order valence-corrected chi connectivity index (χ4v) is 1.51. The largest absolute Gasteiger partial charge is 0.494 e. The van der Waals surface area contributed by atoms with Crippen LogP contribution in [0.25, 0.3) is 0 Å². The van der Waals surface area contributed by atoms with Gasteiger partial charge in [0.25, 0.3) is 0 Å². The molecule has 0 aromatic rings. The molecule has 0 aromatic heterocycles. The van der Waals surface area contributed by atoms with Crippen molar-refractivity contribution in [2.24, 2.45) is 0 Å². The van der Waals surface area contributed by atoms with Crippen LogP contribution in [0.3, 0.4) is 0 Å². The van der Waals surface area contributed by atoms with Crippen LogP contribution >= 0.6 is 0 Å². The Hall–Kier alpha value is -0.535. The summed E-state index contributed by atoms with van der Waals surface area (Å²) in [5.74, 6) is 0. The highest BCUT2D eigenvalue weighted by molar-refractivity contribution is 6.55. The van der Waals surface area contributed by atoms with Crippen LogP contribution in [0.15, 0.2) is 23.7 Å². The van der Waals surface area contributed by atoms with E-state index < -0.39 is 0 Å². The Balaban J connectivity index is 2.97. The summed E-state index contributed by atoms with van der Waals surface area (Å²) in [5, 5.41) is 0. The summed E-state index contributed by atoms with van der Waals surface area (Å²) >= 11 is 0. The van der Waals surface area contributed by atoms with Gasteiger partial charge >= 0.3 is 7.12 Å². The first-order chi connectivity index (χ1) is 6.71. The van der Waals surface area contributed by atoms with Crippen LogP contribution in [-0.4, -0.2) is 18.3 Å². The Morgan fingerprint density at radius 1 is 1.07 bits per heavy atom. The molecular weight excluding hydrogens is 187 g/mol. The van der Waals surface area contributed by atoms with Crippen molar-refractivity contribution in [2.75, 3.05) is 0 Å². The third kappa shape index (κ3) is 2.18. The summed E-state index contributed by atoms with van der Waals surface area (Å²) in [6.07, 6.45) is 1.82. The molecule has 0 aliphatic carbocycles. The topological polar surface area (TPSA) is 18.5 Å². The van der Waals surface area contributed by atoms with Gasteiger partial charge in [0.05, 0.1) is 11.2 Å². The first kappa shape index (κ1) is 12.5. The maximum absolute atomic E-state index is 5.93. The van der Waals surface area contributed by atoms with Crippen molar-refractivity contribution in [1.29, 1.82) is 0 Å². The molecule has 1 heterocycles. The molecule has 3 heteroatoms. The molecule has 2 nitrogen and oxygen atoms in total. The van der Waals surface area contributed by atoms with Crippen LogP contribution in [-0.2, 0) is 9.31 Å². The summed E-state index contributed by atoms with van der Waals surface area (Å²) in [7, 11) is -0.280. The van der Waals surface area contributed by atoms with Crippen LogP contribution in [0.5, 0.6) is 0 Å². The van der Waals surface area contributed by atoms with E-state index in [2.05, 4.69) is 34.3 Å². The van der Waals surface area contributed by atoms with Crippen molar-refractivity contribution >= 4 is 7.12 Å². The SMILES string of the molecule is C=CC(B1OC(C)(C)C(C)(C)O1)=C(C)C. The van der Waals surface area contributed by atoms with Gasteiger partial charge in [0.1, 0.15) is 0 Å². The average molecular weight is 208 g/mol. The second-order valence-electron chi connectivity index (χ2n) is 5.25. The standard InChI is InChI=1S/C12H21BO2/c1-8-10(9(2)3)13-14-11(4,5)12(6,7)15-13/h8H,1H2,2-7H3. The van der Waals surface area contributed by atoms with E-state index in [0.717, 1.165) is 5.47 Å². The van der Waals surface area contributed by atoms with Gasteiger partial charge in [-0.1, -0.05) is 18.2 Å². The van der Waals surface area contributed by atoms with Gasteiger partial charge in [-0.05, 0) is 47.0 Å². The highest BCUT2D eigenvalue weighted by atomic mass is 16.7. The predicted molar refractivity (Wildman–Crippen MR) is 64.7 cm³/mol. The first-order valence-corrected chi connectivity index (χ1v) is 5.37. The molecule has 1 saturated heterocycles. The van der Waals surface area contributed by atoms with Gasteiger partial charge in [0.15, 0.2) is 0 Å². The molecule has 1 aliphatic rings. The van der Waals surface area contributed by atoms with E-state index >= 15 is 0 Å². The van der Waals surface area contributed by atoms with Gasteiger partial charge in [0.2, 0.25) is 0 Å². The summed E-state index contributed by atoms with van der Waals surface area (Å²) in [5.41, 5.74) is 1.67. The lowest BCUT2D eigenvalue weighted by molar-refractivity contribution is 0.00578. The molecule has 15 heavy (non-hydrogen) atoms. The second-order valence-corrected chi connectivity index (χ2v) is 5.25. The smallest absolute Gasteiger partial charge is 0.399 e. The predicted octanol–water partition coefficient (Wildman–Crippen LogP) is 3.14. The lowest BCUT2D eigenvalue weighted by atomic mass is 9.76. The Morgan fingerprint density at radius 2 is 1.47 bits per heavy atom. The zero-order valence-corrected chi connectivity index (χ0v) is 10.7. The zero-order chi connectivity index (χ0) is 11.9. The molecule has 0 unspecified atom stereocenters. The molecule has 84 valence electrons. The normalized spacial score (nSPS) is 22.7. The quantitative estimate of drug-likeness (QED) is 0.512. The highest BCUT2D eigenvalue weighted by Gasteiger charge is 2.52. The number of hydrogen-bond donors (Lipinski definition) is 0. The number of rotatable bonds is 2. The first-order valence-electron chi connectivity index (χ1n) is 5.37. The number of hydrogen-bond acceptors (Lipinski definition) is 2. The molecular formula is C12H21BO2. The summed E-state index contributed by atoms with van der Waals surface area (Å²) in [6.45, 7) is 16.1. The van der Waals surface area contributed by atoms with E-state index in [9.17, 15) is 0 Å². The molecule has 0 spiro atoms. The Labute approximate surface area is 93.5 Å². The van der Waals surface area contributed by atoms with Crippen molar-refractivity contribution in [3.63, 3.8) is 0 Å². The van der Waals surface area contributed by atoms with Gasteiger partial charge in [-0.2, -0.15) is 0 Å². The monoisotopic (exact) mass is 208 g/mol. The van der Waals surface area contributed by atoms with E-state index in [4.69, 9.17) is 9.31 Å². The Morgan fingerprint density at radius 3 is 1.73 bits per heavy atom. The van der Waals surface area contributed by atoms with E-state index in [1.54, 1.807) is 0 Å². The fraction of sp³-hybridized carbons (Fsp3) is 0.667. The van der Waals surface area contributed by atoms with E-state index in [0.29, 0.717) is 0 Å². The van der Waals surface area contributed by atoms with Gasteiger partial charge in [-0.25, -0.2) is 0 Å². The lowest BCUT2D eigenvalue weighted by Gasteiger charge is -2.32. The van der Waals surface area contributed by atoms with E-state index in [1.165, 1.54) is 5.57 Å². The van der Waals surface area contributed by atoms with Gasteiger partial charge < -0.3 is 9.31 Å².